The lowest BCUT2D eigenvalue weighted by atomic mass is 10.2. The Balaban J connectivity index is 2.68. The molecule has 3 heteroatoms. The molecule has 0 aliphatic heterocycles. The highest BCUT2D eigenvalue weighted by atomic mass is 32.2. The molecule has 0 saturated heterocycles. The molecule has 0 aromatic heterocycles. The molecule has 0 N–H and O–H groups in total. The first-order valence-corrected chi connectivity index (χ1v) is 5.14. The molecule has 1 aromatic rings. The quantitative estimate of drug-likeness (QED) is 0.531. The molecule has 14 heavy (non-hydrogen) atoms. The first-order valence-electron chi connectivity index (χ1n) is 4.26. The van der Waals surface area contributed by atoms with Crippen molar-refractivity contribution in [3.05, 3.63) is 29.8 Å². The number of hydrogen-bond donors (Lipinski definition) is 0. The molecule has 0 atom stereocenters. The SMILES string of the molecule is CCC#Cc1ccc(SC(F)F)cc1. The predicted octanol–water partition coefficient (Wildman–Crippen LogP) is 3.76. The van der Waals surface area contributed by atoms with E-state index in [0.717, 1.165) is 12.0 Å². The van der Waals surface area contributed by atoms with Crippen molar-refractivity contribution in [2.45, 2.75) is 24.0 Å². The molecule has 0 spiro atoms. The van der Waals surface area contributed by atoms with Crippen LogP contribution < -0.4 is 0 Å². The second-order valence-electron chi connectivity index (χ2n) is 2.56. The number of alkyl halides is 2. The van der Waals surface area contributed by atoms with E-state index >= 15 is 0 Å². The van der Waals surface area contributed by atoms with Gasteiger partial charge in [0.1, 0.15) is 0 Å². The fourth-order valence-corrected chi connectivity index (χ4v) is 1.41. The second-order valence-corrected chi connectivity index (χ2v) is 3.62. The van der Waals surface area contributed by atoms with E-state index in [2.05, 4.69) is 11.8 Å². The molecule has 0 radical (unpaired) electrons. The Hall–Kier alpha value is -1.01. The lowest BCUT2D eigenvalue weighted by molar-refractivity contribution is 0.252. The smallest absolute Gasteiger partial charge is 0.198 e. The zero-order valence-corrected chi connectivity index (χ0v) is 8.57. The zero-order chi connectivity index (χ0) is 10.4. The molecule has 0 aliphatic carbocycles. The van der Waals surface area contributed by atoms with Crippen molar-refractivity contribution in [2.24, 2.45) is 0 Å². The molecule has 1 aromatic carbocycles. The van der Waals surface area contributed by atoms with E-state index in [0.29, 0.717) is 16.7 Å². The van der Waals surface area contributed by atoms with Crippen LogP contribution in [-0.4, -0.2) is 5.76 Å². The van der Waals surface area contributed by atoms with E-state index in [1.807, 2.05) is 6.92 Å². The van der Waals surface area contributed by atoms with E-state index in [4.69, 9.17) is 0 Å². The Bertz CT molecular complexity index is 333. The minimum absolute atomic E-state index is 0.549. The molecule has 0 saturated carbocycles. The van der Waals surface area contributed by atoms with Crippen LogP contribution in [0.2, 0.25) is 0 Å². The minimum atomic E-state index is -2.36. The summed E-state index contributed by atoms with van der Waals surface area (Å²) in [6.07, 6.45) is 0.799. The summed E-state index contributed by atoms with van der Waals surface area (Å²) in [6.45, 7) is 1.97. The Morgan fingerprint density at radius 2 is 1.93 bits per heavy atom. The summed E-state index contributed by atoms with van der Waals surface area (Å²) in [4.78, 5) is 0.571. The van der Waals surface area contributed by atoms with Crippen LogP contribution in [0, 0.1) is 11.8 Å². The van der Waals surface area contributed by atoms with Crippen LogP contribution in [0.1, 0.15) is 18.9 Å². The van der Waals surface area contributed by atoms with Gasteiger partial charge >= 0.3 is 0 Å². The molecular weight excluding hydrogens is 202 g/mol. The van der Waals surface area contributed by atoms with Gasteiger partial charge in [0.05, 0.1) is 0 Å². The van der Waals surface area contributed by atoms with Crippen LogP contribution in [0.5, 0.6) is 0 Å². The third kappa shape index (κ3) is 3.80. The van der Waals surface area contributed by atoms with Crippen LogP contribution >= 0.6 is 11.8 Å². The number of benzene rings is 1. The summed E-state index contributed by atoms with van der Waals surface area (Å²) in [5.74, 6) is 3.49. The van der Waals surface area contributed by atoms with Gasteiger partial charge in [0.15, 0.2) is 0 Å². The molecule has 74 valence electrons. The third-order valence-corrected chi connectivity index (χ3v) is 2.21. The highest BCUT2D eigenvalue weighted by molar-refractivity contribution is 7.99. The van der Waals surface area contributed by atoms with Gasteiger partial charge in [-0.1, -0.05) is 30.5 Å². The fraction of sp³-hybridized carbons (Fsp3) is 0.273. The molecule has 0 aliphatic rings. The van der Waals surface area contributed by atoms with Crippen molar-refractivity contribution in [3.63, 3.8) is 0 Å². The third-order valence-electron chi connectivity index (χ3n) is 1.49. The maximum atomic E-state index is 12.0. The number of thioether (sulfide) groups is 1. The predicted molar refractivity (Wildman–Crippen MR) is 55.5 cm³/mol. The maximum Gasteiger partial charge on any atom is 0.288 e. The summed E-state index contributed by atoms with van der Waals surface area (Å²) in [6, 6.07) is 6.84. The largest absolute Gasteiger partial charge is 0.288 e. The molecular formula is C11H10F2S. The van der Waals surface area contributed by atoms with E-state index in [1.165, 1.54) is 0 Å². The van der Waals surface area contributed by atoms with E-state index in [1.54, 1.807) is 24.3 Å². The fourth-order valence-electron chi connectivity index (χ4n) is 0.910. The lowest BCUT2D eigenvalue weighted by Crippen LogP contribution is -1.81. The van der Waals surface area contributed by atoms with Gasteiger partial charge in [-0.05, 0) is 24.3 Å². The Labute approximate surface area is 86.7 Å². The van der Waals surface area contributed by atoms with Crippen LogP contribution in [0.3, 0.4) is 0 Å². The second kappa shape index (κ2) is 5.66. The van der Waals surface area contributed by atoms with Crippen molar-refractivity contribution >= 4 is 11.8 Å². The summed E-state index contributed by atoms with van der Waals surface area (Å²) in [5, 5.41) is 0. The van der Waals surface area contributed by atoms with Crippen LogP contribution in [0.25, 0.3) is 0 Å². The molecule has 0 unspecified atom stereocenters. The van der Waals surface area contributed by atoms with Gasteiger partial charge in [-0.2, -0.15) is 8.78 Å². The van der Waals surface area contributed by atoms with Gasteiger partial charge in [0.25, 0.3) is 5.76 Å². The van der Waals surface area contributed by atoms with E-state index < -0.39 is 5.76 Å². The summed E-state index contributed by atoms with van der Waals surface area (Å²) in [5.41, 5.74) is 0.866. The van der Waals surface area contributed by atoms with Gasteiger partial charge in [-0.3, -0.25) is 0 Å². The highest BCUT2D eigenvalue weighted by Crippen LogP contribution is 2.24. The van der Waals surface area contributed by atoms with Crippen LogP contribution in [0.15, 0.2) is 29.2 Å². The number of hydrogen-bond acceptors (Lipinski definition) is 1. The molecule has 0 amide bonds. The number of rotatable bonds is 2. The standard InChI is InChI=1S/C11H10F2S/c1-2-3-4-9-5-7-10(8-6-9)14-11(12)13/h5-8,11H,2H2,1H3. The zero-order valence-electron chi connectivity index (χ0n) is 7.76. The first-order chi connectivity index (χ1) is 6.72. The van der Waals surface area contributed by atoms with Gasteiger partial charge in [-0.25, -0.2) is 0 Å². The Morgan fingerprint density at radius 1 is 1.29 bits per heavy atom. The van der Waals surface area contributed by atoms with E-state index in [-0.39, 0.29) is 0 Å². The Morgan fingerprint density at radius 3 is 2.43 bits per heavy atom. The summed E-state index contributed by atoms with van der Waals surface area (Å²) in [7, 11) is 0. The highest BCUT2D eigenvalue weighted by Gasteiger charge is 2.03. The average Bonchev–Trinajstić information content (AvgIpc) is 2.16. The van der Waals surface area contributed by atoms with E-state index in [9.17, 15) is 8.78 Å². The lowest BCUT2D eigenvalue weighted by Gasteiger charge is -1.98. The molecule has 0 heterocycles. The molecule has 1 rings (SSSR count). The van der Waals surface area contributed by atoms with Crippen molar-refractivity contribution in [2.75, 3.05) is 0 Å². The van der Waals surface area contributed by atoms with Gasteiger partial charge < -0.3 is 0 Å². The average molecular weight is 212 g/mol. The maximum absolute atomic E-state index is 12.0. The van der Waals surface area contributed by atoms with Gasteiger partial charge in [0.2, 0.25) is 0 Å². The topological polar surface area (TPSA) is 0 Å². The number of halogens is 2. The van der Waals surface area contributed by atoms with Crippen molar-refractivity contribution in [3.8, 4) is 11.8 Å². The normalized spacial score (nSPS) is 9.71. The van der Waals surface area contributed by atoms with Gasteiger partial charge in [0, 0.05) is 16.9 Å². The van der Waals surface area contributed by atoms with Crippen molar-refractivity contribution in [1.29, 1.82) is 0 Å². The molecule has 0 fully saturated rings. The van der Waals surface area contributed by atoms with Crippen LogP contribution in [-0.2, 0) is 0 Å². The molecule has 0 nitrogen and oxygen atoms in total. The van der Waals surface area contributed by atoms with Gasteiger partial charge in [-0.15, -0.1) is 0 Å². The molecule has 0 bridgehead atoms. The van der Waals surface area contributed by atoms with Crippen LogP contribution in [0.4, 0.5) is 8.78 Å². The summed E-state index contributed by atoms with van der Waals surface area (Å²) < 4.78 is 23.9. The van der Waals surface area contributed by atoms with Crippen molar-refractivity contribution < 1.29 is 8.78 Å². The summed E-state index contributed by atoms with van der Waals surface area (Å²) >= 11 is 0.549. The minimum Gasteiger partial charge on any atom is -0.198 e. The monoisotopic (exact) mass is 212 g/mol. The first kappa shape index (κ1) is 11.1. The van der Waals surface area contributed by atoms with Crippen molar-refractivity contribution in [1.82, 2.24) is 0 Å². The Kier molecular flexibility index (Phi) is 4.48.